The van der Waals surface area contributed by atoms with E-state index in [2.05, 4.69) is 9.97 Å². The Morgan fingerprint density at radius 3 is 2.83 bits per heavy atom. The van der Waals surface area contributed by atoms with Crippen molar-refractivity contribution in [3.8, 4) is 17.2 Å². The van der Waals surface area contributed by atoms with Crippen LogP contribution in [0.25, 0.3) is 5.69 Å². The number of pyridine rings is 1. The third kappa shape index (κ3) is 2.53. The summed E-state index contributed by atoms with van der Waals surface area (Å²) >= 11 is 0. The molecule has 0 bridgehead atoms. The molecule has 1 aliphatic rings. The smallest absolute Gasteiger partial charge is 0.231 e. The van der Waals surface area contributed by atoms with Crippen LogP contribution in [0.3, 0.4) is 0 Å². The van der Waals surface area contributed by atoms with Gasteiger partial charge >= 0.3 is 0 Å². The lowest BCUT2D eigenvalue weighted by Gasteiger charge is -2.11. The Kier molecular flexibility index (Phi) is 3.44. The van der Waals surface area contributed by atoms with E-state index in [1.54, 1.807) is 19.6 Å². The number of benzene rings is 1. The van der Waals surface area contributed by atoms with Crippen molar-refractivity contribution >= 4 is 0 Å². The summed E-state index contributed by atoms with van der Waals surface area (Å²) in [4.78, 5) is 8.80. The number of ether oxygens (including phenoxy) is 3. The molecule has 0 amide bonds. The monoisotopic (exact) mass is 309 g/mol. The van der Waals surface area contributed by atoms with Gasteiger partial charge in [-0.2, -0.15) is 0 Å². The summed E-state index contributed by atoms with van der Waals surface area (Å²) in [6.07, 6.45) is 5.13. The minimum absolute atomic E-state index is 0.263. The van der Waals surface area contributed by atoms with Crippen LogP contribution in [0.4, 0.5) is 0 Å². The van der Waals surface area contributed by atoms with Crippen molar-refractivity contribution in [2.24, 2.45) is 0 Å². The van der Waals surface area contributed by atoms with E-state index in [9.17, 15) is 0 Å². The molecule has 0 fully saturated rings. The van der Waals surface area contributed by atoms with Gasteiger partial charge in [0.25, 0.3) is 0 Å². The van der Waals surface area contributed by atoms with Crippen LogP contribution in [0, 0.1) is 0 Å². The molecule has 2 aromatic heterocycles. The van der Waals surface area contributed by atoms with Gasteiger partial charge in [-0.25, -0.2) is 4.98 Å². The van der Waals surface area contributed by atoms with Gasteiger partial charge in [-0.3, -0.25) is 4.98 Å². The molecule has 3 aromatic rings. The number of methoxy groups -OCH3 is 1. The van der Waals surface area contributed by atoms with Crippen LogP contribution in [0.5, 0.6) is 11.5 Å². The van der Waals surface area contributed by atoms with Gasteiger partial charge in [0.05, 0.1) is 23.4 Å². The quantitative estimate of drug-likeness (QED) is 0.741. The maximum absolute atomic E-state index is 5.56. The minimum Gasteiger partial charge on any atom is -0.454 e. The molecule has 1 atom stereocenters. The first-order chi connectivity index (χ1) is 11.3. The number of aromatic nitrogens is 3. The molecular weight excluding hydrogens is 294 g/mol. The van der Waals surface area contributed by atoms with Crippen LogP contribution < -0.4 is 9.47 Å². The second-order valence-corrected chi connectivity index (χ2v) is 5.11. The number of rotatable bonds is 4. The van der Waals surface area contributed by atoms with E-state index in [-0.39, 0.29) is 12.9 Å². The summed E-state index contributed by atoms with van der Waals surface area (Å²) < 4.78 is 18.2. The van der Waals surface area contributed by atoms with E-state index in [1.165, 1.54) is 0 Å². The fourth-order valence-corrected chi connectivity index (χ4v) is 2.58. The second kappa shape index (κ2) is 5.73. The zero-order valence-electron chi connectivity index (χ0n) is 12.5. The summed E-state index contributed by atoms with van der Waals surface area (Å²) in [7, 11) is 1.65. The van der Waals surface area contributed by atoms with Gasteiger partial charge in [0.15, 0.2) is 11.5 Å². The van der Waals surface area contributed by atoms with Crippen molar-refractivity contribution in [1.29, 1.82) is 0 Å². The predicted molar refractivity (Wildman–Crippen MR) is 82.8 cm³/mol. The highest BCUT2D eigenvalue weighted by atomic mass is 16.7. The molecule has 0 spiro atoms. The van der Waals surface area contributed by atoms with Crippen molar-refractivity contribution in [1.82, 2.24) is 14.5 Å². The van der Waals surface area contributed by atoms with Crippen molar-refractivity contribution in [2.45, 2.75) is 6.10 Å². The summed E-state index contributed by atoms with van der Waals surface area (Å²) in [5, 5.41) is 0. The first kappa shape index (κ1) is 13.8. The summed E-state index contributed by atoms with van der Waals surface area (Å²) in [5.41, 5.74) is 2.57. The maximum atomic E-state index is 5.56. The van der Waals surface area contributed by atoms with Gasteiger partial charge in [-0.15, -0.1) is 0 Å². The van der Waals surface area contributed by atoms with Gasteiger partial charge in [0, 0.05) is 25.6 Å². The summed E-state index contributed by atoms with van der Waals surface area (Å²) in [6.45, 7) is 0.263. The van der Waals surface area contributed by atoms with Crippen LogP contribution in [-0.4, -0.2) is 28.4 Å². The fraction of sp³-hybridized carbons (Fsp3) is 0.176. The number of hydrogen-bond donors (Lipinski definition) is 0. The first-order valence-electron chi connectivity index (χ1n) is 7.23. The van der Waals surface area contributed by atoms with Gasteiger partial charge in [-0.05, 0) is 24.3 Å². The van der Waals surface area contributed by atoms with Crippen LogP contribution in [-0.2, 0) is 4.74 Å². The molecule has 0 saturated heterocycles. The lowest BCUT2D eigenvalue weighted by molar-refractivity contribution is 0.129. The Morgan fingerprint density at radius 1 is 1.09 bits per heavy atom. The Bertz CT molecular complexity index is 817. The van der Waals surface area contributed by atoms with Crippen molar-refractivity contribution in [3.63, 3.8) is 0 Å². The lowest BCUT2D eigenvalue weighted by atomic mass is 10.2. The summed E-state index contributed by atoms with van der Waals surface area (Å²) in [6, 6.07) is 11.5. The Morgan fingerprint density at radius 2 is 2.00 bits per heavy atom. The molecule has 6 nitrogen and oxygen atoms in total. The average Bonchev–Trinajstić information content (AvgIpc) is 3.25. The van der Waals surface area contributed by atoms with Gasteiger partial charge in [0.2, 0.25) is 6.79 Å². The highest BCUT2D eigenvalue weighted by Gasteiger charge is 2.18. The molecule has 0 N–H and O–H groups in total. The van der Waals surface area contributed by atoms with Crippen LogP contribution in [0.1, 0.15) is 17.5 Å². The zero-order chi connectivity index (χ0) is 15.6. The van der Waals surface area contributed by atoms with E-state index < -0.39 is 0 Å². The largest absolute Gasteiger partial charge is 0.454 e. The number of nitrogens with zero attached hydrogens (tertiary/aromatic N) is 3. The van der Waals surface area contributed by atoms with Crippen molar-refractivity contribution in [3.05, 3.63) is 66.5 Å². The van der Waals surface area contributed by atoms with E-state index in [0.29, 0.717) is 0 Å². The fourth-order valence-electron chi connectivity index (χ4n) is 2.58. The normalized spacial score (nSPS) is 14.0. The predicted octanol–water partition coefficient (Wildman–Crippen LogP) is 2.73. The van der Waals surface area contributed by atoms with Crippen LogP contribution in [0.2, 0.25) is 0 Å². The molecule has 6 heteroatoms. The van der Waals surface area contributed by atoms with Crippen molar-refractivity contribution in [2.75, 3.05) is 13.9 Å². The second-order valence-electron chi connectivity index (χ2n) is 5.11. The molecule has 116 valence electrons. The van der Waals surface area contributed by atoms with E-state index in [4.69, 9.17) is 14.2 Å². The highest BCUT2D eigenvalue weighted by Crippen LogP contribution is 2.34. The van der Waals surface area contributed by atoms with Gasteiger partial charge in [-0.1, -0.05) is 6.07 Å². The number of hydrogen-bond acceptors (Lipinski definition) is 5. The Hall–Kier alpha value is -2.86. The van der Waals surface area contributed by atoms with Crippen molar-refractivity contribution < 1.29 is 14.2 Å². The Labute approximate surface area is 133 Å². The number of fused-ring (bicyclic) bond motifs is 1. The SMILES string of the molecule is COC(c1ccccn1)c1cn(-c2ccc3c(c2)OCO3)cn1. The van der Waals surface area contributed by atoms with E-state index >= 15 is 0 Å². The molecule has 1 aliphatic heterocycles. The third-order valence-electron chi connectivity index (χ3n) is 3.72. The van der Waals surface area contributed by atoms with Gasteiger partial charge < -0.3 is 18.8 Å². The van der Waals surface area contributed by atoms with Crippen LogP contribution >= 0.6 is 0 Å². The third-order valence-corrected chi connectivity index (χ3v) is 3.72. The van der Waals surface area contributed by atoms with Crippen LogP contribution in [0.15, 0.2) is 55.1 Å². The van der Waals surface area contributed by atoms with Gasteiger partial charge in [0.1, 0.15) is 6.10 Å². The molecule has 23 heavy (non-hydrogen) atoms. The molecule has 1 aromatic carbocycles. The topological polar surface area (TPSA) is 58.4 Å². The highest BCUT2D eigenvalue weighted by molar-refractivity contribution is 5.50. The molecule has 4 rings (SSSR count). The maximum Gasteiger partial charge on any atom is 0.231 e. The lowest BCUT2D eigenvalue weighted by Crippen LogP contribution is -2.05. The number of imidazole rings is 1. The molecule has 0 saturated carbocycles. The van der Waals surface area contributed by atoms with E-state index in [1.807, 2.05) is 47.2 Å². The molecule has 1 unspecified atom stereocenters. The molecular formula is C17H15N3O3. The molecule has 3 heterocycles. The first-order valence-corrected chi connectivity index (χ1v) is 7.23. The van der Waals surface area contributed by atoms with E-state index in [0.717, 1.165) is 28.6 Å². The summed E-state index contributed by atoms with van der Waals surface area (Å²) in [5.74, 6) is 1.50. The Balaban J connectivity index is 1.66. The molecule has 0 radical (unpaired) electrons. The molecule has 0 aliphatic carbocycles. The minimum atomic E-state index is -0.300. The average molecular weight is 309 g/mol. The zero-order valence-corrected chi connectivity index (χ0v) is 12.5. The standard InChI is InChI=1S/C17H15N3O3/c1-21-17(13-4-2-3-7-18-13)14-9-20(10-19-14)12-5-6-15-16(8-12)23-11-22-15/h2-10,17H,11H2,1H3.